The summed E-state index contributed by atoms with van der Waals surface area (Å²) in [6.45, 7) is 7.38. The van der Waals surface area contributed by atoms with Crippen molar-refractivity contribution in [3.05, 3.63) is 76.1 Å². The quantitative estimate of drug-likeness (QED) is 0.409. The van der Waals surface area contributed by atoms with Crippen LogP contribution in [0.15, 0.2) is 42.6 Å². The average molecular weight is 485 g/mol. The standard InChI is InChI=1S/C27H27F3N2O3/c1-15-16(2)22(12-11-21(15)26(3,4)25(33)34)35-14-19-13-31-24(32-23(19)17-5-6-17)18-7-9-20(10-8-18)27(28,29)30/h7-13,17H,5-6,14H2,1-4H3,(H,33,34). The van der Waals surface area contributed by atoms with Crippen LogP contribution in [0, 0.1) is 13.8 Å². The molecule has 1 fully saturated rings. The maximum absolute atomic E-state index is 12.9. The second-order valence-electron chi connectivity index (χ2n) is 9.53. The van der Waals surface area contributed by atoms with Crippen molar-refractivity contribution in [2.24, 2.45) is 0 Å². The molecule has 184 valence electrons. The second-order valence-corrected chi connectivity index (χ2v) is 9.53. The van der Waals surface area contributed by atoms with Gasteiger partial charge in [0.1, 0.15) is 12.4 Å². The van der Waals surface area contributed by atoms with Crippen molar-refractivity contribution in [1.82, 2.24) is 9.97 Å². The molecule has 0 bridgehead atoms. The molecule has 0 aliphatic heterocycles. The van der Waals surface area contributed by atoms with Crippen LogP contribution in [0.5, 0.6) is 5.75 Å². The van der Waals surface area contributed by atoms with Gasteiger partial charge in [0.05, 0.1) is 16.7 Å². The van der Waals surface area contributed by atoms with Crippen molar-refractivity contribution in [1.29, 1.82) is 0 Å². The Morgan fingerprint density at radius 1 is 1.06 bits per heavy atom. The van der Waals surface area contributed by atoms with Gasteiger partial charge in [-0.2, -0.15) is 13.2 Å². The molecular formula is C27H27F3N2O3. The fraction of sp³-hybridized carbons (Fsp3) is 0.370. The van der Waals surface area contributed by atoms with Crippen LogP contribution >= 0.6 is 0 Å². The second kappa shape index (κ2) is 8.98. The van der Waals surface area contributed by atoms with Gasteiger partial charge in [-0.15, -0.1) is 0 Å². The third kappa shape index (κ3) is 5.01. The lowest BCUT2D eigenvalue weighted by Gasteiger charge is -2.24. The Labute approximate surface area is 202 Å². The van der Waals surface area contributed by atoms with E-state index in [1.165, 1.54) is 12.1 Å². The molecule has 1 aliphatic carbocycles. The van der Waals surface area contributed by atoms with Crippen LogP contribution in [0.4, 0.5) is 13.2 Å². The summed E-state index contributed by atoms with van der Waals surface area (Å²) in [5, 5.41) is 9.58. The molecule has 1 heterocycles. The summed E-state index contributed by atoms with van der Waals surface area (Å²) in [5.74, 6) is 0.428. The monoisotopic (exact) mass is 484 g/mol. The van der Waals surface area contributed by atoms with E-state index >= 15 is 0 Å². The first-order valence-electron chi connectivity index (χ1n) is 11.4. The minimum absolute atomic E-state index is 0.237. The van der Waals surface area contributed by atoms with E-state index in [0.717, 1.165) is 52.9 Å². The number of halogens is 3. The molecule has 1 saturated carbocycles. The Hall–Kier alpha value is -3.42. The van der Waals surface area contributed by atoms with E-state index in [2.05, 4.69) is 9.97 Å². The third-order valence-electron chi connectivity index (χ3n) is 6.66. The van der Waals surface area contributed by atoms with Gasteiger partial charge < -0.3 is 9.84 Å². The van der Waals surface area contributed by atoms with Gasteiger partial charge in [0, 0.05) is 23.2 Å². The van der Waals surface area contributed by atoms with Crippen molar-refractivity contribution in [3.63, 3.8) is 0 Å². The molecule has 2 aromatic carbocycles. The first-order chi connectivity index (χ1) is 16.4. The van der Waals surface area contributed by atoms with E-state index < -0.39 is 23.1 Å². The number of aliphatic carboxylic acids is 1. The largest absolute Gasteiger partial charge is 0.488 e. The summed E-state index contributed by atoms with van der Waals surface area (Å²) < 4.78 is 44.7. The molecule has 1 N–H and O–H groups in total. The van der Waals surface area contributed by atoms with Gasteiger partial charge in [0.15, 0.2) is 5.82 Å². The van der Waals surface area contributed by atoms with Gasteiger partial charge in [-0.25, -0.2) is 9.97 Å². The number of carbonyl (C=O) groups is 1. The van der Waals surface area contributed by atoms with Gasteiger partial charge in [0.2, 0.25) is 0 Å². The van der Waals surface area contributed by atoms with E-state index in [-0.39, 0.29) is 12.5 Å². The topological polar surface area (TPSA) is 72.3 Å². The molecule has 0 unspecified atom stereocenters. The van der Waals surface area contributed by atoms with Crippen LogP contribution in [0.3, 0.4) is 0 Å². The zero-order valence-electron chi connectivity index (χ0n) is 20.0. The molecule has 1 aromatic heterocycles. The van der Waals surface area contributed by atoms with Crippen molar-refractivity contribution >= 4 is 5.97 Å². The molecule has 0 saturated heterocycles. The number of alkyl halides is 3. The maximum atomic E-state index is 12.9. The number of ether oxygens (including phenoxy) is 1. The first-order valence-corrected chi connectivity index (χ1v) is 11.4. The maximum Gasteiger partial charge on any atom is 0.416 e. The molecule has 3 aromatic rings. The Morgan fingerprint density at radius 2 is 1.71 bits per heavy atom. The third-order valence-corrected chi connectivity index (χ3v) is 6.66. The van der Waals surface area contributed by atoms with E-state index in [1.54, 1.807) is 32.2 Å². The summed E-state index contributed by atoms with van der Waals surface area (Å²) in [7, 11) is 0. The SMILES string of the molecule is Cc1c(OCc2cnc(-c3ccc(C(F)(F)F)cc3)nc2C2CC2)ccc(C(C)(C)C(=O)O)c1C. The van der Waals surface area contributed by atoms with E-state index in [0.29, 0.717) is 17.1 Å². The molecule has 1 aliphatic rings. The lowest BCUT2D eigenvalue weighted by atomic mass is 9.81. The molecule has 0 spiro atoms. The highest BCUT2D eigenvalue weighted by Crippen LogP contribution is 2.41. The van der Waals surface area contributed by atoms with Gasteiger partial charge >= 0.3 is 12.1 Å². The van der Waals surface area contributed by atoms with Crippen molar-refractivity contribution in [2.75, 3.05) is 0 Å². The van der Waals surface area contributed by atoms with Crippen molar-refractivity contribution in [2.45, 2.75) is 64.7 Å². The fourth-order valence-electron chi connectivity index (χ4n) is 4.09. The Balaban J connectivity index is 1.57. The number of benzene rings is 2. The Bertz CT molecular complexity index is 1260. The van der Waals surface area contributed by atoms with Crippen LogP contribution in [-0.4, -0.2) is 21.0 Å². The molecule has 35 heavy (non-hydrogen) atoms. The zero-order chi connectivity index (χ0) is 25.5. The van der Waals surface area contributed by atoms with E-state index in [9.17, 15) is 23.1 Å². The predicted molar refractivity (Wildman–Crippen MR) is 125 cm³/mol. The lowest BCUT2D eigenvalue weighted by molar-refractivity contribution is -0.142. The minimum atomic E-state index is -4.39. The van der Waals surface area contributed by atoms with E-state index in [4.69, 9.17) is 4.74 Å². The number of aromatic nitrogens is 2. The summed E-state index contributed by atoms with van der Waals surface area (Å²) in [6.07, 6.45) is -0.725. The smallest absolute Gasteiger partial charge is 0.416 e. The van der Waals surface area contributed by atoms with Crippen LogP contribution in [0.1, 0.15) is 66.1 Å². The summed E-state index contributed by atoms with van der Waals surface area (Å²) in [4.78, 5) is 20.8. The molecule has 5 nitrogen and oxygen atoms in total. The highest BCUT2D eigenvalue weighted by Gasteiger charge is 2.33. The van der Waals surface area contributed by atoms with Gasteiger partial charge in [-0.3, -0.25) is 4.79 Å². The number of rotatable bonds is 7. The van der Waals surface area contributed by atoms with Crippen molar-refractivity contribution < 1.29 is 27.8 Å². The minimum Gasteiger partial charge on any atom is -0.488 e. The molecule has 0 atom stereocenters. The average Bonchev–Trinajstić information content (AvgIpc) is 3.64. The van der Waals surface area contributed by atoms with Crippen molar-refractivity contribution in [3.8, 4) is 17.1 Å². The van der Waals surface area contributed by atoms with Crippen LogP contribution in [0.25, 0.3) is 11.4 Å². The van der Waals surface area contributed by atoms with Gasteiger partial charge in [0.25, 0.3) is 0 Å². The molecule has 8 heteroatoms. The highest BCUT2D eigenvalue weighted by molar-refractivity contribution is 5.81. The molecule has 0 amide bonds. The number of carboxylic acid groups (broad SMARTS) is 1. The molecular weight excluding hydrogens is 457 g/mol. The van der Waals surface area contributed by atoms with Gasteiger partial charge in [-0.1, -0.05) is 18.2 Å². The van der Waals surface area contributed by atoms with Crippen LogP contribution in [0.2, 0.25) is 0 Å². The lowest BCUT2D eigenvalue weighted by Crippen LogP contribution is -2.29. The first kappa shape index (κ1) is 24.7. The zero-order valence-corrected chi connectivity index (χ0v) is 20.0. The number of nitrogens with zero attached hydrogens (tertiary/aromatic N) is 2. The van der Waals surface area contributed by atoms with E-state index in [1.807, 2.05) is 13.8 Å². The van der Waals surface area contributed by atoms with Crippen LogP contribution in [-0.2, 0) is 23.0 Å². The highest BCUT2D eigenvalue weighted by atomic mass is 19.4. The predicted octanol–water partition coefficient (Wildman–Crippen LogP) is 6.60. The Morgan fingerprint density at radius 3 is 2.29 bits per heavy atom. The molecule has 0 radical (unpaired) electrons. The molecule has 4 rings (SSSR count). The summed E-state index contributed by atoms with van der Waals surface area (Å²) in [5.41, 5.74) is 2.95. The summed E-state index contributed by atoms with van der Waals surface area (Å²) >= 11 is 0. The van der Waals surface area contributed by atoms with Crippen LogP contribution < -0.4 is 4.74 Å². The Kier molecular flexibility index (Phi) is 6.34. The summed E-state index contributed by atoms with van der Waals surface area (Å²) in [6, 6.07) is 8.42. The normalized spacial score (nSPS) is 14.1. The number of hydrogen-bond donors (Lipinski definition) is 1. The fourth-order valence-corrected chi connectivity index (χ4v) is 4.09. The number of hydrogen-bond acceptors (Lipinski definition) is 4. The van der Waals surface area contributed by atoms with Gasteiger partial charge in [-0.05, 0) is 75.4 Å². The number of carboxylic acids is 1.